The molecule has 7 amide bonds. The van der Waals surface area contributed by atoms with Crippen molar-refractivity contribution >= 4 is 48.2 Å². The van der Waals surface area contributed by atoms with Crippen molar-refractivity contribution < 1.29 is 66.9 Å². The van der Waals surface area contributed by atoms with Gasteiger partial charge < -0.3 is 44.5 Å². The Balaban J connectivity index is 4.94. The van der Waals surface area contributed by atoms with Crippen molar-refractivity contribution in [2.75, 3.05) is 72.2 Å². The smallest absolute Gasteiger partial charge is 0.426 e. The number of hydroxylamine groups is 2. The van der Waals surface area contributed by atoms with Gasteiger partial charge in [-0.05, 0) is 65.2 Å². The Morgan fingerprint density at radius 1 is 0.516 bits per heavy atom. The first-order chi connectivity index (χ1) is 30.9. The number of hydrogen-bond acceptors (Lipinski definition) is 15. The maximum atomic E-state index is 13.2. The van der Waals surface area contributed by atoms with E-state index in [1.807, 2.05) is 27.7 Å². The zero-order valence-electron chi connectivity index (χ0n) is 38.8. The number of nitrogens with one attached hydrogen (secondary N) is 3. The number of rotatable bonds is 36. The van der Waals surface area contributed by atoms with E-state index < -0.39 is 42.3 Å². The molecule has 20 heteroatoms. The predicted molar refractivity (Wildman–Crippen MR) is 238 cm³/mol. The molecule has 20 nitrogen and oxygen atoms in total. The summed E-state index contributed by atoms with van der Waals surface area (Å²) in [4.78, 5) is 106. The van der Waals surface area contributed by atoms with Gasteiger partial charge in [-0.2, -0.15) is 0 Å². The molecular formula is C44H76N6O14. The minimum atomic E-state index is -0.896. The zero-order valence-corrected chi connectivity index (χ0v) is 38.8. The summed E-state index contributed by atoms with van der Waals surface area (Å²) in [5, 5.41) is 9.72. The number of hydrogen-bond donors (Lipinski definition) is 3. The number of amides is 7. The van der Waals surface area contributed by atoms with Crippen LogP contribution in [0.25, 0.3) is 0 Å². The molecule has 0 radical (unpaired) electrons. The van der Waals surface area contributed by atoms with Crippen LogP contribution in [0.15, 0.2) is 25.3 Å². The molecule has 0 fully saturated rings. The summed E-state index contributed by atoms with van der Waals surface area (Å²) in [6, 6.07) is -0.652. The van der Waals surface area contributed by atoms with Crippen LogP contribution in [0.4, 0.5) is 24.0 Å². The minimum Gasteiger partial charge on any atom is -0.459 e. The van der Waals surface area contributed by atoms with E-state index in [1.165, 1.54) is 5.06 Å². The molecule has 0 rings (SSSR count). The lowest BCUT2D eigenvalue weighted by Crippen LogP contribution is -2.45. The molecule has 0 spiro atoms. The van der Waals surface area contributed by atoms with Gasteiger partial charge >= 0.3 is 42.3 Å². The van der Waals surface area contributed by atoms with Crippen molar-refractivity contribution in [2.45, 2.75) is 137 Å². The van der Waals surface area contributed by atoms with Crippen molar-refractivity contribution in [3.63, 3.8) is 0 Å². The third-order valence-corrected chi connectivity index (χ3v) is 9.53. The van der Waals surface area contributed by atoms with Crippen molar-refractivity contribution in [2.24, 2.45) is 0 Å². The maximum Gasteiger partial charge on any atom is 0.426 e. The largest absolute Gasteiger partial charge is 0.459 e. The van der Waals surface area contributed by atoms with Crippen LogP contribution in [-0.4, -0.2) is 141 Å². The van der Waals surface area contributed by atoms with Gasteiger partial charge in [0.2, 0.25) is 5.91 Å². The Labute approximate surface area is 379 Å². The number of carbonyl (C=O) groups is 8. The van der Waals surface area contributed by atoms with Crippen molar-refractivity contribution in [3.05, 3.63) is 25.3 Å². The van der Waals surface area contributed by atoms with E-state index in [2.05, 4.69) is 29.1 Å². The van der Waals surface area contributed by atoms with Gasteiger partial charge in [0.25, 0.3) is 0 Å². The van der Waals surface area contributed by atoms with Gasteiger partial charge in [-0.1, -0.05) is 72.0 Å². The topological polar surface area (TPSA) is 238 Å². The zero-order chi connectivity index (χ0) is 47.8. The first-order valence-electron chi connectivity index (χ1n) is 22.8. The Kier molecular flexibility index (Phi) is 35.9. The number of carbonyl (C=O) groups excluding carboxylic acids is 8. The molecule has 0 aliphatic carbocycles. The lowest BCUT2D eigenvalue weighted by Gasteiger charge is -2.21. The maximum absolute atomic E-state index is 13.2. The minimum absolute atomic E-state index is 0.0688. The van der Waals surface area contributed by atoms with Gasteiger partial charge in [-0.15, -0.1) is 5.06 Å². The van der Waals surface area contributed by atoms with Crippen LogP contribution in [0.3, 0.4) is 0 Å². The molecule has 0 bridgehead atoms. The van der Waals surface area contributed by atoms with Gasteiger partial charge in [0, 0.05) is 64.4 Å². The van der Waals surface area contributed by atoms with Crippen LogP contribution in [0, 0.1) is 0 Å². The SMILES string of the molecule is C=CC(=O)OCCOC(=O)N(CCCCCCNC(=O)N(CCCCCCNC(=O)ON(CC)CC)C(=O)OCCOC(=O)C=C)C(=O)CCCCCCCNC(=O)OC(CC)CC. The van der Waals surface area contributed by atoms with E-state index in [4.69, 9.17) is 28.5 Å². The predicted octanol–water partition coefficient (Wildman–Crippen LogP) is 6.92. The van der Waals surface area contributed by atoms with Crippen LogP contribution >= 0.6 is 0 Å². The summed E-state index contributed by atoms with van der Waals surface area (Å²) >= 11 is 0. The van der Waals surface area contributed by atoms with Crippen LogP contribution in [0.5, 0.6) is 0 Å². The molecule has 0 saturated carbocycles. The Hall–Kier alpha value is -5.40. The van der Waals surface area contributed by atoms with Gasteiger partial charge in [-0.25, -0.2) is 43.4 Å². The lowest BCUT2D eigenvalue weighted by molar-refractivity contribution is -0.139. The molecule has 0 aliphatic heterocycles. The summed E-state index contributed by atoms with van der Waals surface area (Å²) in [5.41, 5.74) is 0. The average molecular weight is 913 g/mol. The number of urea groups is 1. The molecule has 366 valence electrons. The highest BCUT2D eigenvalue weighted by Crippen LogP contribution is 2.11. The summed E-state index contributed by atoms with van der Waals surface area (Å²) in [6.07, 6.45) is 9.41. The second kappa shape index (κ2) is 39.2. The first-order valence-corrected chi connectivity index (χ1v) is 22.8. The van der Waals surface area contributed by atoms with E-state index in [0.29, 0.717) is 77.5 Å². The third kappa shape index (κ3) is 30.6. The first kappa shape index (κ1) is 58.6. The van der Waals surface area contributed by atoms with Crippen molar-refractivity contribution in [1.82, 2.24) is 30.8 Å². The fraction of sp³-hybridized carbons (Fsp3) is 0.727. The van der Waals surface area contributed by atoms with Gasteiger partial charge in [0.05, 0.1) is 0 Å². The molecular weight excluding hydrogens is 837 g/mol. The molecule has 64 heavy (non-hydrogen) atoms. The highest BCUT2D eigenvalue weighted by atomic mass is 16.7. The number of unbranched alkanes of at least 4 members (excludes halogenated alkanes) is 10. The summed E-state index contributed by atoms with van der Waals surface area (Å²) in [7, 11) is 0. The molecule has 0 heterocycles. The number of esters is 2. The quantitative estimate of drug-likeness (QED) is 0.0190. The van der Waals surface area contributed by atoms with E-state index in [9.17, 15) is 38.4 Å². The molecule has 0 aromatic rings. The lowest BCUT2D eigenvalue weighted by atomic mass is 10.1. The standard InChI is InChI=1S/C44H76N6O14/c1-7-36(8-2)63-41(55)46-28-22-15-13-14-20-26-37(51)49(43(57)61-34-32-59-38(52)9-3)30-24-18-16-21-27-45-40(54)50(44(58)62-35-33-60-39(53)10-4)31-25-19-17-23-29-47-42(56)64-48(11-5)12-6/h9-10,36H,3-4,7-8,11-35H2,1-2,5-6H3,(H,45,54)(H,46,55)(H,47,56). The van der Waals surface area contributed by atoms with E-state index in [1.54, 1.807) is 0 Å². The molecule has 0 aromatic carbocycles. The van der Waals surface area contributed by atoms with E-state index >= 15 is 0 Å². The Bertz CT molecular complexity index is 1390. The van der Waals surface area contributed by atoms with Gasteiger partial charge in [0.15, 0.2) is 0 Å². The molecule has 0 aliphatic rings. The van der Waals surface area contributed by atoms with Crippen LogP contribution in [0.1, 0.15) is 130 Å². The highest BCUT2D eigenvalue weighted by Gasteiger charge is 2.24. The number of ether oxygens (including phenoxy) is 5. The average Bonchev–Trinajstić information content (AvgIpc) is 3.29. The van der Waals surface area contributed by atoms with Crippen molar-refractivity contribution in [1.29, 1.82) is 0 Å². The highest BCUT2D eigenvalue weighted by molar-refractivity contribution is 5.92. The molecule has 3 N–H and O–H groups in total. The Morgan fingerprint density at radius 2 is 0.938 bits per heavy atom. The monoisotopic (exact) mass is 913 g/mol. The normalized spacial score (nSPS) is 10.6. The molecule has 0 aromatic heterocycles. The number of imide groups is 2. The number of nitrogens with zero attached hydrogens (tertiary/aromatic N) is 3. The molecule has 0 saturated heterocycles. The summed E-state index contributed by atoms with van der Waals surface area (Å²) < 4.78 is 25.4. The Morgan fingerprint density at radius 3 is 1.44 bits per heavy atom. The second-order valence-corrected chi connectivity index (χ2v) is 14.4. The van der Waals surface area contributed by atoms with E-state index in [-0.39, 0.29) is 64.5 Å². The second-order valence-electron chi connectivity index (χ2n) is 14.4. The molecule has 0 unspecified atom stereocenters. The fourth-order valence-electron chi connectivity index (χ4n) is 5.80. The van der Waals surface area contributed by atoms with E-state index in [0.717, 1.165) is 66.9 Å². The fourth-order valence-corrected chi connectivity index (χ4v) is 5.80. The molecule has 0 atom stereocenters. The van der Waals surface area contributed by atoms with Crippen LogP contribution in [-0.2, 0) is 42.9 Å². The van der Waals surface area contributed by atoms with Gasteiger partial charge in [0.1, 0.15) is 32.5 Å². The summed E-state index contributed by atoms with van der Waals surface area (Å²) in [5.74, 6) is -1.72. The van der Waals surface area contributed by atoms with Crippen LogP contribution < -0.4 is 16.0 Å². The van der Waals surface area contributed by atoms with Crippen molar-refractivity contribution in [3.8, 4) is 0 Å². The van der Waals surface area contributed by atoms with Crippen LogP contribution in [0.2, 0.25) is 0 Å². The summed E-state index contributed by atoms with van der Waals surface area (Å²) in [6.45, 7) is 15.9. The van der Waals surface area contributed by atoms with Gasteiger partial charge in [-0.3, -0.25) is 4.79 Å². The number of alkyl carbamates (subject to hydrolysis) is 1. The third-order valence-electron chi connectivity index (χ3n) is 9.53.